The molecule has 2 rings (SSSR count). The molecular weight excluding hydrogens is 242 g/mol. The van der Waals surface area contributed by atoms with Gasteiger partial charge < -0.3 is 5.11 Å². The number of benzene rings is 1. The van der Waals surface area contributed by atoms with E-state index < -0.39 is 4.92 Å². The Morgan fingerprint density at radius 3 is 2.59 bits per heavy atom. The molecule has 0 bridgehead atoms. The molecule has 0 fully saturated rings. The number of phenols is 1. The molecule has 0 amide bonds. The minimum atomic E-state index is -0.553. The van der Waals surface area contributed by atoms with Gasteiger partial charge in [-0.3, -0.25) is 10.1 Å². The Morgan fingerprint density at radius 2 is 2.00 bits per heavy atom. The fourth-order valence-corrected chi connectivity index (χ4v) is 1.86. The smallest absolute Gasteiger partial charge is 0.305 e. The van der Waals surface area contributed by atoms with Gasteiger partial charge in [0.1, 0.15) is 18.1 Å². The van der Waals surface area contributed by atoms with Crippen molar-refractivity contribution in [3.05, 3.63) is 46.8 Å². The Morgan fingerprint density at radius 1 is 1.29 bits per heavy atom. The van der Waals surface area contributed by atoms with Gasteiger partial charge in [0.15, 0.2) is 5.16 Å². The number of hydrogen-bond donors (Lipinski definition) is 1. The van der Waals surface area contributed by atoms with Gasteiger partial charge >= 0.3 is 5.69 Å². The van der Waals surface area contributed by atoms with Crippen LogP contribution in [0.15, 0.2) is 46.7 Å². The van der Waals surface area contributed by atoms with Crippen molar-refractivity contribution >= 4 is 17.4 Å². The number of nitrogens with zero attached hydrogens (tertiary/aromatic N) is 3. The zero-order valence-electron chi connectivity index (χ0n) is 8.48. The molecule has 1 aromatic heterocycles. The molecule has 0 atom stereocenters. The summed E-state index contributed by atoms with van der Waals surface area (Å²) < 4.78 is 0. The van der Waals surface area contributed by atoms with Crippen LogP contribution in [0.3, 0.4) is 0 Å². The standard InChI is InChI=1S/C10H7N3O3S/c14-8-2-1-3-9(4-8)17-10-11-5-7(6-12-10)13(15)16/h1-6,14H. The summed E-state index contributed by atoms with van der Waals surface area (Å²) in [5.74, 6) is 0.150. The van der Waals surface area contributed by atoms with Crippen LogP contribution in [0.2, 0.25) is 0 Å². The Bertz CT molecular complexity index is 545. The molecule has 0 unspecified atom stereocenters. The lowest BCUT2D eigenvalue weighted by Gasteiger charge is -1.99. The van der Waals surface area contributed by atoms with Crippen LogP contribution in [0.25, 0.3) is 0 Å². The highest BCUT2D eigenvalue weighted by Crippen LogP contribution is 2.27. The molecule has 1 aromatic carbocycles. The van der Waals surface area contributed by atoms with E-state index >= 15 is 0 Å². The van der Waals surface area contributed by atoms with E-state index in [4.69, 9.17) is 0 Å². The van der Waals surface area contributed by atoms with E-state index in [1.807, 2.05) is 0 Å². The van der Waals surface area contributed by atoms with E-state index in [9.17, 15) is 15.2 Å². The van der Waals surface area contributed by atoms with E-state index in [1.165, 1.54) is 11.8 Å². The van der Waals surface area contributed by atoms with Crippen LogP contribution >= 0.6 is 11.8 Å². The maximum absolute atomic E-state index is 10.4. The largest absolute Gasteiger partial charge is 0.508 e. The summed E-state index contributed by atoms with van der Waals surface area (Å²) in [5, 5.41) is 20.1. The maximum Gasteiger partial charge on any atom is 0.305 e. The molecule has 17 heavy (non-hydrogen) atoms. The minimum Gasteiger partial charge on any atom is -0.508 e. The lowest BCUT2D eigenvalue weighted by atomic mass is 10.3. The molecule has 0 saturated carbocycles. The van der Waals surface area contributed by atoms with Gasteiger partial charge in [-0.15, -0.1) is 0 Å². The van der Waals surface area contributed by atoms with Gasteiger partial charge in [0.2, 0.25) is 0 Å². The average Bonchev–Trinajstić information content (AvgIpc) is 2.29. The predicted octanol–water partition coefficient (Wildman–Crippen LogP) is 2.24. The molecule has 0 saturated heterocycles. The summed E-state index contributed by atoms with van der Waals surface area (Å²) in [7, 11) is 0. The zero-order valence-corrected chi connectivity index (χ0v) is 9.29. The second-order valence-corrected chi connectivity index (χ2v) is 4.12. The first-order valence-corrected chi connectivity index (χ1v) is 5.40. The van der Waals surface area contributed by atoms with Crippen LogP contribution in [0, 0.1) is 10.1 Å². The van der Waals surface area contributed by atoms with Gasteiger partial charge in [0.05, 0.1) is 4.92 Å². The summed E-state index contributed by atoms with van der Waals surface area (Å²) in [4.78, 5) is 18.3. The Balaban J connectivity index is 2.16. The average molecular weight is 249 g/mol. The first kappa shape index (κ1) is 11.3. The summed E-state index contributed by atoms with van der Waals surface area (Å²) in [5.41, 5.74) is -0.148. The third kappa shape index (κ3) is 2.91. The normalized spacial score (nSPS) is 10.1. The molecule has 0 aliphatic heterocycles. The first-order chi connectivity index (χ1) is 8.15. The molecule has 2 aromatic rings. The van der Waals surface area contributed by atoms with Gasteiger partial charge in [-0.25, -0.2) is 9.97 Å². The second kappa shape index (κ2) is 4.79. The summed E-state index contributed by atoms with van der Waals surface area (Å²) in [6, 6.07) is 6.61. The van der Waals surface area contributed by atoms with E-state index in [1.54, 1.807) is 24.3 Å². The molecule has 0 aliphatic carbocycles. The summed E-state index contributed by atoms with van der Waals surface area (Å²) in [6.45, 7) is 0. The van der Waals surface area contributed by atoms with Crippen molar-refractivity contribution in [1.82, 2.24) is 9.97 Å². The van der Waals surface area contributed by atoms with Gasteiger partial charge in [-0.05, 0) is 30.0 Å². The van der Waals surface area contributed by atoms with Gasteiger partial charge in [0, 0.05) is 4.90 Å². The van der Waals surface area contributed by atoms with Crippen LogP contribution in [0.1, 0.15) is 0 Å². The number of aromatic hydroxyl groups is 1. The van der Waals surface area contributed by atoms with Crippen molar-refractivity contribution in [3.8, 4) is 5.75 Å². The highest BCUT2D eigenvalue weighted by molar-refractivity contribution is 7.99. The fourth-order valence-electron chi connectivity index (χ4n) is 1.11. The molecule has 0 spiro atoms. The molecular formula is C10H7N3O3S. The number of nitro groups is 1. The van der Waals surface area contributed by atoms with Crippen LogP contribution in [0.5, 0.6) is 5.75 Å². The molecule has 1 N–H and O–H groups in total. The first-order valence-electron chi connectivity index (χ1n) is 4.58. The second-order valence-electron chi connectivity index (χ2n) is 3.08. The lowest BCUT2D eigenvalue weighted by molar-refractivity contribution is -0.385. The molecule has 6 nitrogen and oxygen atoms in total. The Labute approximate surface area is 100 Å². The van der Waals surface area contributed by atoms with Crippen molar-refractivity contribution in [2.45, 2.75) is 10.1 Å². The number of aromatic nitrogens is 2. The topological polar surface area (TPSA) is 89.2 Å². The number of phenolic OH excluding ortho intramolecular Hbond substituents is 1. The van der Waals surface area contributed by atoms with Crippen LogP contribution in [-0.2, 0) is 0 Å². The highest BCUT2D eigenvalue weighted by Gasteiger charge is 2.07. The monoisotopic (exact) mass is 249 g/mol. The maximum atomic E-state index is 10.4. The summed E-state index contributed by atoms with van der Waals surface area (Å²) in [6.07, 6.45) is 2.30. The van der Waals surface area contributed by atoms with Gasteiger partial charge in [-0.1, -0.05) is 6.07 Å². The SMILES string of the molecule is O=[N+]([O-])c1cnc(Sc2cccc(O)c2)nc1. The quantitative estimate of drug-likeness (QED) is 0.509. The molecule has 0 aliphatic rings. The van der Waals surface area contributed by atoms with Crippen molar-refractivity contribution in [2.75, 3.05) is 0 Å². The molecule has 1 heterocycles. The summed E-state index contributed by atoms with van der Waals surface area (Å²) >= 11 is 1.22. The van der Waals surface area contributed by atoms with E-state index in [0.717, 1.165) is 17.3 Å². The van der Waals surface area contributed by atoms with Gasteiger partial charge in [-0.2, -0.15) is 0 Å². The zero-order chi connectivity index (χ0) is 12.3. The Kier molecular flexibility index (Phi) is 3.20. The lowest BCUT2D eigenvalue weighted by Crippen LogP contribution is -1.92. The molecule has 86 valence electrons. The van der Waals surface area contributed by atoms with Crippen molar-refractivity contribution in [1.29, 1.82) is 0 Å². The number of rotatable bonds is 3. The van der Waals surface area contributed by atoms with Crippen LogP contribution < -0.4 is 0 Å². The van der Waals surface area contributed by atoms with E-state index in [-0.39, 0.29) is 11.4 Å². The third-order valence-corrected chi connectivity index (χ3v) is 2.74. The van der Waals surface area contributed by atoms with Crippen LogP contribution in [-0.4, -0.2) is 20.0 Å². The number of hydrogen-bond acceptors (Lipinski definition) is 6. The predicted molar refractivity (Wildman–Crippen MR) is 60.9 cm³/mol. The highest BCUT2D eigenvalue weighted by atomic mass is 32.2. The van der Waals surface area contributed by atoms with Crippen molar-refractivity contribution in [3.63, 3.8) is 0 Å². The molecule has 0 radical (unpaired) electrons. The third-order valence-electron chi connectivity index (χ3n) is 1.85. The van der Waals surface area contributed by atoms with Crippen molar-refractivity contribution < 1.29 is 10.0 Å². The van der Waals surface area contributed by atoms with Crippen LogP contribution in [0.4, 0.5) is 5.69 Å². The van der Waals surface area contributed by atoms with Crippen molar-refractivity contribution in [2.24, 2.45) is 0 Å². The minimum absolute atomic E-state index is 0.148. The Hall–Kier alpha value is -2.15. The van der Waals surface area contributed by atoms with E-state index in [2.05, 4.69) is 9.97 Å². The van der Waals surface area contributed by atoms with Gasteiger partial charge in [0.25, 0.3) is 0 Å². The molecule has 7 heteroatoms. The fraction of sp³-hybridized carbons (Fsp3) is 0. The van der Waals surface area contributed by atoms with E-state index in [0.29, 0.717) is 5.16 Å².